The molecular weight excluding hydrogens is 503 g/mol. The summed E-state index contributed by atoms with van der Waals surface area (Å²) in [5.41, 5.74) is 4.81. The summed E-state index contributed by atoms with van der Waals surface area (Å²) in [6.45, 7) is 7.17. The van der Waals surface area contributed by atoms with Gasteiger partial charge in [0.15, 0.2) is 0 Å². The van der Waals surface area contributed by atoms with Crippen LogP contribution in [-0.4, -0.2) is 32.6 Å². The van der Waals surface area contributed by atoms with Gasteiger partial charge in [0.2, 0.25) is 5.95 Å². The van der Waals surface area contributed by atoms with E-state index in [1.54, 1.807) is 0 Å². The van der Waals surface area contributed by atoms with Crippen molar-refractivity contribution in [2.45, 2.75) is 51.6 Å². The summed E-state index contributed by atoms with van der Waals surface area (Å²) < 4.78 is 2.36. The highest BCUT2D eigenvalue weighted by Gasteiger charge is 2.27. The van der Waals surface area contributed by atoms with E-state index in [1.807, 2.05) is 48.7 Å². The molecule has 1 fully saturated rings. The van der Waals surface area contributed by atoms with Crippen LogP contribution in [0.25, 0.3) is 22.6 Å². The Kier molecular flexibility index (Phi) is 8.08. The van der Waals surface area contributed by atoms with Gasteiger partial charge in [0.1, 0.15) is 5.82 Å². The molecule has 0 aliphatic carbocycles. The van der Waals surface area contributed by atoms with Crippen LogP contribution in [0.3, 0.4) is 0 Å². The van der Waals surface area contributed by atoms with Gasteiger partial charge in [0, 0.05) is 24.2 Å². The molecule has 0 spiro atoms. The first kappa shape index (κ1) is 25.7. The molecule has 1 aliphatic rings. The largest absolute Gasteiger partial charge is 0.348 e. The summed E-state index contributed by atoms with van der Waals surface area (Å²) in [6, 6.07) is 18.1. The van der Waals surface area contributed by atoms with Crippen molar-refractivity contribution in [2.75, 3.05) is 18.4 Å². The molecule has 1 atom stereocenters. The summed E-state index contributed by atoms with van der Waals surface area (Å²) >= 11 is 12.7. The van der Waals surface area contributed by atoms with Gasteiger partial charge in [-0.15, -0.1) is 0 Å². The van der Waals surface area contributed by atoms with Crippen LogP contribution in [0.5, 0.6) is 0 Å². The second-order valence-corrected chi connectivity index (χ2v) is 10.3. The molecule has 3 heterocycles. The van der Waals surface area contributed by atoms with E-state index in [0.29, 0.717) is 21.9 Å². The van der Waals surface area contributed by atoms with Gasteiger partial charge in [-0.2, -0.15) is 0 Å². The first-order valence-electron chi connectivity index (χ1n) is 13.0. The Morgan fingerprint density at radius 3 is 2.54 bits per heavy atom. The number of halogens is 2. The maximum Gasteiger partial charge on any atom is 0.223 e. The summed E-state index contributed by atoms with van der Waals surface area (Å²) in [7, 11) is 0. The highest BCUT2D eigenvalue weighted by atomic mass is 35.5. The van der Waals surface area contributed by atoms with Crippen LogP contribution in [0.15, 0.2) is 60.8 Å². The number of nitrogens with one attached hydrogen (secondary N) is 2. The van der Waals surface area contributed by atoms with Crippen molar-refractivity contribution in [1.82, 2.24) is 24.8 Å². The Balaban J connectivity index is 1.61. The highest BCUT2D eigenvalue weighted by molar-refractivity contribution is 6.42. The standard InChI is InChI=1S/C29H32Cl2N6/c1-3-17-37-27(25-13-16-33-29(35-25)34-19(2)20-7-5-4-6-8-20)26(22-9-10-23(30)24(31)18-22)36-28(37)21-11-14-32-15-12-21/h4-10,13,16,18-19,21,32H,3,11-12,14-15,17H2,1-2H3,(H,33,34,35). The van der Waals surface area contributed by atoms with Crippen LogP contribution in [0, 0.1) is 0 Å². The Labute approximate surface area is 228 Å². The van der Waals surface area contributed by atoms with Crippen molar-refractivity contribution < 1.29 is 0 Å². The van der Waals surface area contributed by atoms with E-state index >= 15 is 0 Å². The summed E-state index contributed by atoms with van der Waals surface area (Å²) in [5, 5.41) is 7.99. The third-order valence-corrected chi connectivity index (χ3v) is 7.62. The van der Waals surface area contributed by atoms with Crippen molar-refractivity contribution in [1.29, 1.82) is 0 Å². The van der Waals surface area contributed by atoms with Crippen LogP contribution in [-0.2, 0) is 6.54 Å². The van der Waals surface area contributed by atoms with Gasteiger partial charge in [-0.05, 0) is 63.0 Å². The van der Waals surface area contributed by atoms with Gasteiger partial charge in [-0.1, -0.05) is 66.5 Å². The number of aromatic nitrogens is 4. The minimum atomic E-state index is 0.0665. The molecule has 0 saturated carbocycles. The van der Waals surface area contributed by atoms with E-state index in [9.17, 15) is 0 Å². The topological polar surface area (TPSA) is 67.7 Å². The second-order valence-electron chi connectivity index (χ2n) is 9.51. The maximum atomic E-state index is 6.45. The predicted octanol–water partition coefficient (Wildman–Crippen LogP) is 7.36. The molecule has 6 nitrogen and oxygen atoms in total. The van der Waals surface area contributed by atoms with Gasteiger partial charge in [0.25, 0.3) is 0 Å². The quantitative estimate of drug-likeness (QED) is 0.247. The monoisotopic (exact) mass is 534 g/mol. The molecule has 5 rings (SSSR count). The third kappa shape index (κ3) is 5.66. The van der Waals surface area contributed by atoms with E-state index in [2.05, 4.69) is 46.2 Å². The molecule has 2 N–H and O–H groups in total. The Morgan fingerprint density at radius 1 is 1.03 bits per heavy atom. The van der Waals surface area contributed by atoms with E-state index in [4.69, 9.17) is 33.2 Å². The Morgan fingerprint density at radius 2 is 1.81 bits per heavy atom. The fraction of sp³-hybridized carbons (Fsp3) is 0.345. The van der Waals surface area contributed by atoms with Crippen LogP contribution in [0.1, 0.15) is 56.5 Å². The van der Waals surface area contributed by atoms with Crippen LogP contribution >= 0.6 is 23.2 Å². The number of hydrogen-bond donors (Lipinski definition) is 2. The number of hydrogen-bond acceptors (Lipinski definition) is 5. The number of nitrogens with zero attached hydrogens (tertiary/aromatic N) is 4. The van der Waals surface area contributed by atoms with E-state index < -0.39 is 0 Å². The van der Waals surface area contributed by atoms with Crippen molar-refractivity contribution in [2.24, 2.45) is 0 Å². The molecular formula is C29H32Cl2N6. The Bertz CT molecular complexity index is 1350. The minimum Gasteiger partial charge on any atom is -0.348 e. The molecule has 8 heteroatoms. The number of imidazole rings is 1. The van der Waals surface area contributed by atoms with E-state index in [1.165, 1.54) is 5.56 Å². The first-order chi connectivity index (χ1) is 18.0. The minimum absolute atomic E-state index is 0.0665. The van der Waals surface area contributed by atoms with Gasteiger partial charge >= 0.3 is 0 Å². The fourth-order valence-electron chi connectivity index (χ4n) is 5.00. The molecule has 1 saturated heterocycles. The third-order valence-electron chi connectivity index (χ3n) is 6.89. The lowest BCUT2D eigenvalue weighted by Gasteiger charge is -2.23. The first-order valence-corrected chi connectivity index (χ1v) is 13.7. The molecule has 1 aliphatic heterocycles. The highest BCUT2D eigenvalue weighted by Crippen LogP contribution is 2.38. The lowest BCUT2D eigenvalue weighted by Crippen LogP contribution is -2.28. The zero-order valence-corrected chi connectivity index (χ0v) is 22.7. The number of rotatable bonds is 8. The van der Waals surface area contributed by atoms with Crippen LogP contribution in [0.4, 0.5) is 5.95 Å². The lowest BCUT2D eigenvalue weighted by molar-refractivity contribution is 0.430. The molecule has 37 heavy (non-hydrogen) atoms. The molecule has 2 aromatic heterocycles. The van der Waals surface area contributed by atoms with Gasteiger partial charge in [0.05, 0.1) is 33.2 Å². The normalized spacial score (nSPS) is 15.0. The lowest BCUT2D eigenvalue weighted by atomic mass is 9.97. The molecule has 2 aromatic carbocycles. The van der Waals surface area contributed by atoms with E-state index in [-0.39, 0.29) is 6.04 Å². The van der Waals surface area contributed by atoms with E-state index in [0.717, 1.165) is 67.4 Å². The smallest absolute Gasteiger partial charge is 0.223 e. The molecule has 1 unspecified atom stereocenters. The number of piperidine rings is 1. The Hall–Kier alpha value is -2.93. The van der Waals surface area contributed by atoms with Crippen molar-refractivity contribution in [3.05, 3.63) is 82.2 Å². The van der Waals surface area contributed by atoms with Gasteiger partial charge < -0.3 is 15.2 Å². The zero-order chi connectivity index (χ0) is 25.8. The van der Waals surface area contributed by atoms with Crippen LogP contribution < -0.4 is 10.6 Å². The summed E-state index contributed by atoms with van der Waals surface area (Å²) in [6.07, 6.45) is 4.93. The molecule has 0 radical (unpaired) electrons. The average Bonchev–Trinajstić information content (AvgIpc) is 3.31. The molecule has 0 bridgehead atoms. The zero-order valence-electron chi connectivity index (χ0n) is 21.2. The molecule has 4 aromatic rings. The molecule has 192 valence electrons. The summed E-state index contributed by atoms with van der Waals surface area (Å²) in [5.74, 6) is 2.09. The van der Waals surface area contributed by atoms with Crippen molar-refractivity contribution >= 4 is 29.2 Å². The molecule has 0 amide bonds. The van der Waals surface area contributed by atoms with Crippen molar-refractivity contribution in [3.63, 3.8) is 0 Å². The van der Waals surface area contributed by atoms with Gasteiger partial charge in [-0.3, -0.25) is 0 Å². The number of anilines is 1. The SMILES string of the molecule is CCCn1c(C2CCNCC2)nc(-c2ccc(Cl)c(Cl)c2)c1-c1ccnc(NC(C)c2ccccc2)n1. The van der Waals surface area contributed by atoms with Crippen LogP contribution in [0.2, 0.25) is 10.0 Å². The summed E-state index contributed by atoms with van der Waals surface area (Å²) in [4.78, 5) is 14.8. The fourth-order valence-corrected chi connectivity index (χ4v) is 5.29. The number of benzene rings is 2. The maximum absolute atomic E-state index is 6.45. The predicted molar refractivity (Wildman–Crippen MR) is 152 cm³/mol. The van der Waals surface area contributed by atoms with Crippen molar-refractivity contribution in [3.8, 4) is 22.6 Å². The van der Waals surface area contributed by atoms with Gasteiger partial charge in [-0.25, -0.2) is 15.0 Å². The average molecular weight is 536 g/mol. The second kappa shape index (κ2) is 11.6.